The maximum atomic E-state index is 13.8. The maximum Gasteiger partial charge on any atom is 0.432 e. The molecule has 1 aromatic rings. The maximum absolute atomic E-state index is 13.8. The molecule has 0 amide bonds. The van der Waals surface area contributed by atoms with Crippen molar-refractivity contribution >= 4 is 0 Å². The zero-order valence-electron chi connectivity index (χ0n) is 16.5. The molecule has 0 radical (unpaired) electrons. The lowest BCUT2D eigenvalue weighted by atomic mass is 9.79. The summed E-state index contributed by atoms with van der Waals surface area (Å²) in [4.78, 5) is 13.2. The fourth-order valence-corrected chi connectivity index (χ4v) is 4.74. The molecule has 7 nitrogen and oxygen atoms in total. The van der Waals surface area contributed by atoms with Crippen LogP contribution in [0, 0.1) is 10.1 Å². The number of morpholine rings is 1. The van der Waals surface area contributed by atoms with Gasteiger partial charge >= 0.3 is 6.18 Å². The molecule has 0 saturated carbocycles. The van der Waals surface area contributed by atoms with Gasteiger partial charge in [-0.3, -0.25) is 10.1 Å². The number of allylic oxidation sites excluding steroid dienone is 1. The average molecular weight is 428 g/mol. The summed E-state index contributed by atoms with van der Waals surface area (Å²) in [6.45, 7) is 2.30. The number of rotatable bonds is 4. The Morgan fingerprint density at radius 2 is 1.97 bits per heavy atom. The van der Waals surface area contributed by atoms with Gasteiger partial charge in [-0.2, -0.15) is 13.2 Å². The summed E-state index contributed by atoms with van der Waals surface area (Å²) in [6.07, 6.45) is -5.43. The molecule has 1 aliphatic carbocycles. The van der Waals surface area contributed by atoms with E-state index in [0.29, 0.717) is 56.0 Å². The fraction of sp³-hybridized carbons (Fsp3) is 0.600. The van der Waals surface area contributed by atoms with Crippen molar-refractivity contribution in [2.75, 3.05) is 33.4 Å². The molecular weight excluding hydrogens is 405 g/mol. The van der Waals surface area contributed by atoms with Crippen LogP contribution in [-0.2, 0) is 4.74 Å². The van der Waals surface area contributed by atoms with Crippen molar-refractivity contribution in [2.24, 2.45) is 0 Å². The van der Waals surface area contributed by atoms with Crippen LogP contribution in [0.4, 0.5) is 13.2 Å². The van der Waals surface area contributed by atoms with Crippen LogP contribution in [0.2, 0.25) is 0 Å². The second kappa shape index (κ2) is 7.98. The Morgan fingerprint density at radius 3 is 2.60 bits per heavy atom. The molecule has 2 heterocycles. The molecule has 1 saturated heterocycles. The van der Waals surface area contributed by atoms with Gasteiger partial charge in [0.2, 0.25) is 0 Å². The van der Waals surface area contributed by atoms with Gasteiger partial charge in [-0.05, 0) is 43.0 Å². The van der Waals surface area contributed by atoms with Crippen molar-refractivity contribution in [2.45, 2.75) is 43.5 Å². The molecule has 0 unspecified atom stereocenters. The van der Waals surface area contributed by atoms with Gasteiger partial charge in [0.15, 0.2) is 0 Å². The highest BCUT2D eigenvalue weighted by Gasteiger charge is 2.60. The van der Waals surface area contributed by atoms with Crippen LogP contribution in [0.25, 0.3) is 0 Å². The second-order valence-electron chi connectivity index (χ2n) is 7.66. The molecule has 10 heteroatoms. The van der Waals surface area contributed by atoms with Crippen molar-refractivity contribution in [1.29, 1.82) is 0 Å². The van der Waals surface area contributed by atoms with Crippen LogP contribution in [0.3, 0.4) is 0 Å². The summed E-state index contributed by atoms with van der Waals surface area (Å²) < 4.78 is 57.2. The molecule has 4 rings (SSSR count). The van der Waals surface area contributed by atoms with E-state index in [9.17, 15) is 23.3 Å². The first-order valence-corrected chi connectivity index (χ1v) is 9.90. The lowest BCUT2D eigenvalue weighted by molar-refractivity contribution is -0.547. The van der Waals surface area contributed by atoms with E-state index in [1.165, 1.54) is 19.2 Å². The summed E-state index contributed by atoms with van der Waals surface area (Å²) in [5, 5.41) is 12.0. The van der Waals surface area contributed by atoms with Gasteiger partial charge in [-0.15, -0.1) is 0 Å². The molecule has 0 aromatic heterocycles. The summed E-state index contributed by atoms with van der Waals surface area (Å²) in [6, 6.07) is 2.50. The van der Waals surface area contributed by atoms with Gasteiger partial charge in [-0.1, -0.05) is 0 Å². The molecule has 3 aliphatic rings. The van der Waals surface area contributed by atoms with Gasteiger partial charge in [0.05, 0.1) is 26.2 Å². The van der Waals surface area contributed by atoms with Crippen LogP contribution in [0.15, 0.2) is 29.5 Å². The molecule has 164 valence electrons. The zero-order chi connectivity index (χ0) is 21.5. The molecule has 30 heavy (non-hydrogen) atoms. The van der Waals surface area contributed by atoms with E-state index in [4.69, 9.17) is 14.2 Å². The molecule has 0 bridgehead atoms. The van der Waals surface area contributed by atoms with Crippen molar-refractivity contribution < 1.29 is 32.3 Å². The molecule has 0 N–H and O–H groups in total. The third-order valence-electron chi connectivity index (χ3n) is 6.02. The number of nitro groups is 1. The molecule has 3 atom stereocenters. The van der Waals surface area contributed by atoms with Crippen LogP contribution in [-0.4, -0.2) is 61.6 Å². The number of halogens is 3. The summed E-state index contributed by atoms with van der Waals surface area (Å²) in [5.41, 5.74) is 1.98. The quantitative estimate of drug-likeness (QED) is 0.540. The number of hydrogen-bond donors (Lipinski definition) is 0. The number of methoxy groups -OCH3 is 1. The SMILES string of the molecule is COc1ccc2c(c1)[C@H](C1=C(N3CCOCC3)CCC1)[C@@H]([N+](=O)[O-])[C@H](C(F)(F)F)O2. The van der Waals surface area contributed by atoms with Gasteiger partial charge in [0.25, 0.3) is 12.1 Å². The normalized spacial score (nSPS) is 26.9. The first kappa shape index (κ1) is 20.8. The Kier molecular flexibility index (Phi) is 5.52. The smallest absolute Gasteiger partial charge is 0.432 e. The highest BCUT2D eigenvalue weighted by Crippen LogP contribution is 2.50. The van der Waals surface area contributed by atoms with Crippen molar-refractivity contribution in [3.63, 3.8) is 0 Å². The zero-order valence-corrected chi connectivity index (χ0v) is 16.5. The molecule has 0 spiro atoms. The first-order chi connectivity index (χ1) is 14.3. The van der Waals surface area contributed by atoms with Gasteiger partial charge in [0.1, 0.15) is 11.5 Å². The highest BCUT2D eigenvalue weighted by atomic mass is 19.4. The molecule has 2 aliphatic heterocycles. The lowest BCUT2D eigenvalue weighted by Crippen LogP contribution is -2.54. The van der Waals surface area contributed by atoms with Gasteiger partial charge < -0.3 is 19.1 Å². The van der Waals surface area contributed by atoms with E-state index in [1.807, 2.05) is 0 Å². The van der Waals surface area contributed by atoms with E-state index >= 15 is 0 Å². The summed E-state index contributed by atoms with van der Waals surface area (Å²) in [5.74, 6) is -0.603. The van der Waals surface area contributed by atoms with Gasteiger partial charge in [0, 0.05) is 29.3 Å². The minimum Gasteiger partial charge on any atom is -0.497 e. The van der Waals surface area contributed by atoms with E-state index in [2.05, 4.69) is 4.90 Å². The minimum atomic E-state index is -4.87. The number of hydrogen-bond acceptors (Lipinski definition) is 6. The van der Waals surface area contributed by atoms with Gasteiger partial charge in [-0.25, -0.2) is 0 Å². The molecule has 1 fully saturated rings. The minimum absolute atomic E-state index is 0.0157. The van der Waals surface area contributed by atoms with E-state index in [-0.39, 0.29) is 5.75 Å². The predicted molar refractivity (Wildman–Crippen MR) is 100 cm³/mol. The Labute approximate surface area is 171 Å². The third kappa shape index (κ3) is 3.68. The van der Waals surface area contributed by atoms with Crippen molar-refractivity contribution in [1.82, 2.24) is 4.90 Å². The monoisotopic (exact) mass is 428 g/mol. The number of ether oxygens (including phenoxy) is 3. The van der Waals surface area contributed by atoms with Crippen LogP contribution < -0.4 is 9.47 Å². The Bertz CT molecular complexity index is 851. The standard InChI is InChI=1S/C20H23F3N2O5/c1-28-12-5-6-16-14(11-12)17(18(25(26)27)19(30-16)20(21,22)23)13-3-2-4-15(13)24-7-9-29-10-8-24/h5-6,11,17-19H,2-4,7-10H2,1H3/t17-,18+,19+/m0/s1. The summed E-state index contributed by atoms with van der Waals surface area (Å²) >= 11 is 0. The van der Waals surface area contributed by atoms with Crippen LogP contribution in [0.1, 0.15) is 30.7 Å². The van der Waals surface area contributed by atoms with E-state index in [0.717, 1.165) is 12.1 Å². The van der Waals surface area contributed by atoms with E-state index < -0.39 is 29.2 Å². The second-order valence-corrected chi connectivity index (χ2v) is 7.66. The lowest BCUT2D eigenvalue weighted by Gasteiger charge is -2.38. The largest absolute Gasteiger partial charge is 0.497 e. The highest BCUT2D eigenvalue weighted by molar-refractivity contribution is 5.50. The van der Waals surface area contributed by atoms with E-state index in [1.54, 1.807) is 6.07 Å². The summed E-state index contributed by atoms with van der Waals surface area (Å²) in [7, 11) is 1.44. The number of fused-ring (bicyclic) bond motifs is 1. The Morgan fingerprint density at radius 1 is 1.23 bits per heavy atom. The fourth-order valence-electron chi connectivity index (χ4n) is 4.74. The number of alkyl halides is 3. The van der Waals surface area contributed by atoms with Crippen molar-refractivity contribution in [3.8, 4) is 11.5 Å². The van der Waals surface area contributed by atoms with Crippen LogP contribution in [0.5, 0.6) is 11.5 Å². The number of nitrogens with zero attached hydrogens (tertiary/aromatic N) is 2. The first-order valence-electron chi connectivity index (χ1n) is 9.90. The number of benzene rings is 1. The third-order valence-corrected chi connectivity index (χ3v) is 6.02. The van der Waals surface area contributed by atoms with Crippen molar-refractivity contribution in [3.05, 3.63) is 45.1 Å². The predicted octanol–water partition coefficient (Wildman–Crippen LogP) is 3.52. The topological polar surface area (TPSA) is 74.1 Å². The average Bonchev–Trinajstić information content (AvgIpc) is 3.21. The molecular formula is C20H23F3N2O5. The molecule has 1 aromatic carbocycles. The van der Waals surface area contributed by atoms with Crippen LogP contribution >= 0.6 is 0 Å². The Hall–Kier alpha value is -2.49. The Balaban J connectivity index is 1.88.